The lowest BCUT2D eigenvalue weighted by Crippen LogP contribution is -2.52. The number of para-hydroxylation sites is 1. The molecule has 1 amide bonds. The van der Waals surface area contributed by atoms with E-state index in [9.17, 15) is 14.4 Å². The Morgan fingerprint density at radius 1 is 1.19 bits per heavy atom. The van der Waals surface area contributed by atoms with Gasteiger partial charge in [0.1, 0.15) is 11.7 Å². The summed E-state index contributed by atoms with van der Waals surface area (Å²) >= 11 is 0. The topological polar surface area (TPSA) is 77.8 Å². The summed E-state index contributed by atoms with van der Waals surface area (Å²) in [5, 5.41) is 0.982. The van der Waals surface area contributed by atoms with Gasteiger partial charge >= 0.3 is 12.1 Å². The highest BCUT2D eigenvalue weighted by Gasteiger charge is 2.42. The van der Waals surface area contributed by atoms with E-state index in [1.165, 1.54) is 0 Å². The SMILES string of the molecule is C[C@H]1OC(=O)C[C@H]2CC(=O)N(CCc3cn(C(=O)OC(C)(C)C)c4ccccc34)C[C@@H]21. The van der Waals surface area contributed by atoms with E-state index in [1.807, 2.05) is 63.1 Å². The Labute approximate surface area is 182 Å². The molecule has 7 heteroatoms. The average molecular weight is 427 g/mol. The second kappa shape index (κ2) is 8.02. The van der Waals surface area contributed by atoms with Crippen molar-refractivity contribution in [2.24, 2.45) is 11.8 Å². The van der Waals surface area contributed by atoms with Crippen LogP contribution in [0.5, 0.6) is 0 Å². The zero-order chi connectivity index (χ0) is 22.3. The molecule has 31 heavy (non-hydrogen) atoms. The quantitative estimate of drug-likeness (QED) is 0.699. The smallest absolute Gasteiger partial charge is 0.419 e. The van der Waals surface area contributed by atoms with Crippen LogP contribution >= 0.6 is 0 Å². The average Bonchev–Trinajstić information content (AvgIpc) is 3.04. The van der Waals surface area contributed by atoms with Crippen molar-refractivity contribution in [3.63, 3.8) is 0 Å². The number of cyclic esters (lactones) is 1. The van der Waals surface area contributed by atoms with Crippen LogP contribution in [-0.4, -0.2) is 52.2 Å². The highest BCUT2D eigenvalue weighted by molar-refractivity contribution is 5.92. The first-order valence-corrected chi connectivity index (χ1v) is 10.9. The van der Waals surface area contributed by atoms with E-state index >= 15 is 0 Å². The first-order chi connectivity index (χ1) is 14.6. The van der Waals surface area contributed by atoms with Crippen LogP contribution in [0, 0.1) is 11.8 Å². The van der Waals surface area contributed by atoms with Crippen LogP contribution < -0.4 is 0 Å². The van der Waals surface area contributed by atoms with Gasteiger partial charge in [0.25, 0.3) is 0 Å². The number of fused-ring (bicyclic) bond motifs is 2. The van der Waals surface area contributed by atoms with Crippen LogP contribution in [0.2, 0.25) is 0 Å². The molecule has 2 fully saturated rings. The molecule has 0 N–H and O–H groups in total. The Bertz CT molecular complexity index is 1020. The van der Waals surface area contributed by atoms with Crippen LogP contribution in [0.1, 0.15) is 46.1 Å². The van der Waals surface area contributed by atoms with Crippen LogP contribution in [0.25, 0.3) is 10.9 Å². The van der Waals surface area contributed by atoms with Crippen LogP contribution in [0.15, 0.2) is 30.5 Å². The normalized spacial score (nSPS) is 24.1. The van der Waals surface area contributed by atoms with Crippen molar-refractivity contribution in [1.82, 2.24) is 9.47 Å². The maximum absolute atomic E-state index is 12.7. The van der Waals surface area contributed by atoms with Crippen LogP contribution in [0.3, 0.4) is 0 Å². The molecule has 0 unspecified atom stereocenters. The number of carbonyl (C=O) groups is 3. The number of ether oxygens (including phenoxy) is 2. The molecule has 0 bridgehead atoms. The molecule has 3 heterocycles. The van der Waals surface area contributed by atoms with Gasteiger partial charge in [-0.25, -0.2) is 4.79 Å². The van der Waals surface area contributed by atoms with Gasteiger partial charge in [0.15, 0.2) is 0 Å². The van der Waals surface area contributed by atoms with Crippen LogP contribution in [0.4, 0.5) is 4.79 Å². The Morgan fingerprint density at radius 3 is 2.68 bits per heavy atom. The number of hydrogen-bond acceptors (Lipinski definition) is 5. The van der Waals surface area contributed by atoms with Gasteiger partial charge in [-0.3, -0.25) is 14.2 Å². The largest absolute Gasteiger partial charge is 0.462 e. The highest BCUT2D eigenvalue weighted by Crippen LogP contribution is 2.35. The number of amides is 1. The third kappa shape index (κ3) is 4.45. The summed E-state index contributed by atoms with van der Waals surface area (Å²) in [6.07, 6.45) is 2.59. The predicted molar refractivity (Wildman–Crippen MR) is 116 cm³/mol. The van der Waals surface area contributed by atoms with Crippen molar-refractivity contribution in [2.45, 2.75) is 58.7 Å². The lowest BCUT2D eigenvalue weighted by Gasteiger charge is -2.43. The standard InChI is InChI=1S/C24H30N2O5/c1-15-19-14-25(21(27)11-17(19)12-22(28)30-15)10-9-16-13-26(23(29)31-24(2,3)4)20-8-6-5-7-18(16)20/h5-8,13,15,17,19H,9-12,14H2,1-4H3/t15-,17-,19-/m1/s1. The zero-order valence-corrected chi connectivity index (χ0v) is 18.6. The molecule has 0 aliphatic carbocycles. The number of likely N-dealkylation sites (tertiary alicyclic amines) is 1. The molecule has 2 aromatic rings. The molecule has 3 atom stereocenters. The summed E-state index contributed by atoms with van der Waals surface area (Å²) in [7, 11) is 0. The number of piperidine rings is 1. The van der Waals surface area contributed by atoms with Gasteiger partial charge < -0.3 is 14.4 Å². The summed E-state index contributed by atoms with van der Waals surface area (Å²) in [6, 6.07) is 7.73. The van der Waals surface area contributed by atoms with Gasteiger partial charge in [-0.05, 0) is 51.7 Å². The summed E-state index contributed by atoms with van der Waals surface area (Å²) in [5.74, 6) is 0.136. The number of esters is 1. The second-order valence-electron chi connectivity index (χ2n) is 9.64. The van der Waals surface area contributed by atoms with E-state index in [0.29, 0.717) is 32.4 Å². The van der Waals surface area contributed by atoms with Gasteiger partial charge in [-0.1, -0.05) is 18.2 Å². The number of carbonyl (C=O) groups excluding carboxylic acids is 3. The van der Waals surface area contributed by atoms with Crippen molar-refractivity contribution < 1.29 is 23.9 Å². The minimum Gasteiger partial charge on any atom is -0.462 e. The first kappa shape index (κ1) is 21.4. The molecule has 2 saturated heterocycles. The van der Waals surface area contributed by atoms with E-state index in [-0.39, 0.29) is 29.8 Å². The Hall–Kier alpha value is -2.83. The molecule has 0 spiro atoms. The number of rotatable bonds is 3. The maximum Gasteiger partial charge on any atom is 0.419 e. The van der Waals surface area contributed by atoms with Gasteiger partial charge in [-0.2, -0.15) is 0 Å². The Morgan fingerprint density at radius 2 is 1.94 bits per heavy atom. The van der Waals surface area contributed by atoms with E-state index < -0.39 is 11.7 Å². The van der Waals surface area contributed by atoms with Gasteiger partial charge in [0.05, 0.1) is 5.52 Å². The summed E-state index contributed by atoms with van der Waals surface area (Å²) < 4.78 is 12.5. The summed E-state index contributed by atoms with van der Waals surface area (Å²) in [5.41, 5.74) is 1.21. The van der Waals surface area contributed by atoms with Crippen LogP contribution in [-0.2, 0) is 25.5 Å². The molecule has 0 radical (unpaired) electrons. The first-order valence-electron chi connectivity index (χ1n) is 10.9. The third-order valence-electron chi connectivity index (χ3n) is 6.21. The van der Waals surface area contributed by atoms with E-state index in [0.717, 1.165) is 16.5 Å². The maximum atomic E-state index is 12.7. The number of aromatic nitrogens is 1. The molecular formula is C24H30N2O5. The predicted octanol–water partition coefficient (Wildman–Crippen LogP) is 3.77. The highest BCUT2D eigenvalue weighted by atomic mass is 16.6. The second-order valence-corrected chi connectivity index (χ2v) is 9.64. The minimum atomic E-state index is -0.584. The third-order valence-corrected chi connectivity index (χ3v) is 6.21. The lowest BCUT2D eigenvalue weighted by molar-refractivity contribution is -0.168. The molecule has 1 aromatic carbocycles. The molecule has 4 rings (SSSR count). The molecule has 2 aliphatic rings. The van der Waals surface area contributed by atoms with Crippen molar-refractivity contribution in [2.75, 3.05) is 13.1 Å². The molecule has 0 saturated carbocycles. The van der Waals surface area contributed by atoms with E-state index in [1.54, 1.807) is 4.57 Å². The van der Waals surface area contributed by atoms with E-state index in [4.69, 9.17) is 9.47 Å². The summed E-state index contributed by atoms with van der Waals surface area (Å²) in [6.45, 7) is 8.60. The van der Waals surface area contributed by atoms with Gasteiger partial charge in [0, 0.05) is 43.4 Å². The fourth-order valence-electron chi connectivity index (χ4n) is 4.71. The van der Waals surface area contributed by atoms with Crippen molar-refractivity contribution in [3.8, 4) is 0 Å². The molecule has 1 aromatic heterocycles. The fraction of sp³-hybridized carbons (Fsp3) is 0.542. The Kier molecular flexibility index (Phi) is 5.54. The summed E-state index contributed by atoms with van der Waals surface area (Å²) in [4.78, 5) is 39.0. The lowest BCUT2D eigenvalue weighted by atomic mass is 9.78. The minimum absolute atomic E-state index is 0.0779. The molecule has 7 nitrogen and oxygen atoms in total. The zero-order valence-electron chi connectivity index (χ0n) is 18.6. The van der Waals surface area contributed by atoms with Crippen molar-refractivity contribution >= 4 is 28.9 Å². The fourth-order valence-corrected chi connectivity index (χ4v) is 4.71. The van der Waals surface area contributed by atoms with Gasteiger partial charge in [0.2, 0.25) is 5.91 Å². The number of hydrogen-bond donors (Lipinski definition) is 0. The molecule has 2 aliphatic heterocycles. The molecular weight excluding hydrogens is 396 g/mol. The monoisotopic (exact) mass is 426 g/mol. The van der Waals surface area contributed by atoms with E-state index in [2.05, 4.69) is 0 Å². The Balaban J connectivity index is 1.51. The number of benzene rings is 1. The van der Waals surface area contributed by atoms with Gasteiger partial charge in [-0.15, -0.1) is 0 Å². The molecule has 166 valence electrons. The van der Waals surface area contributed by atoms with Crippen molar-refractivity contribution in [1.29, 1.82) is 0 Å². The number of nitrogens with zero attached hydrogens (tertiary/aromatic N) is 2. The van der Waals surface area contributed by atoms with Crippen molar-refractivity contribution in [3.05, 3.63) is 36.0 Å².